The molecule has 2 aromatic rings. The fourth-order valence-corrected chi connectivity index (χ4v) is 1.60. The van der Waals surface area contributed by atoms with Crippen LogP contribution in [0, 0.1) is 0 Å². The zero-order chi connectivity index (χ0) is 13.8. The number of pyridine rings is 1. The number of aromatic nitrogens is 4. The van der Waals surface area contributed by atoms with Crippen LogP contribution < -0.4 is 0 Å². The Morgan fingerprint density at radius 3 is 2.79 bits per heavy atom. The second-order valence-electron chi connectivity index (χ2n) is 3.83. The normalized spacial score (nSPS) is 12.3. The van der Waals surface area contributed by atoms with Crippen LogP contribution in [0.4, 0.5) is 0 Å². The van der Waals surface area contributed by atoms with Crippen LogP contribution in [-0.4, -0.2) is 54.0 Å². The molecule has 8 nitrogen and oxygen atoms in total. The standard InChI is InChI=1S/C11H12N4O4/c16-6-7(17)5-15-10(8-3-1-2-4-12-8)9(11(18)19)13-14-15/h1-4,7,16-17H,5-6H2,(H,18,19). The maximum absolute atomic E-state index is 11.1. The van der Waals surface area contributed by atoms with Crippen LogP contribution in [0.25, 0.3) is 11.4 Å². The van der Waals surface area contributed by atoms with Gasteiger partial charge < -0.3 is 15.3 Å². The molecule has 3 N–H and O–H groups in total. The maximum atomic E-state index is 11.1. The number of aromatic carboxylic acids is 1. The third kappa shape index (κ3) is 2.75. The van der Waals surface area contributed by atoms with Gasteiger partial charge in [0.15, 0.2) is 5.69 Å². The van der Waals surface area contributed by atoms with Gasteiger partial charge >= 0.3 is 5.97 Å². The van der Waals surface area contributed by atoms with Gasteiger partial charge in [-0.05, 0) is 12.1 Å². The van der Waals surface area contributed by atoms with Crippen molar-refractivity contribution >= 4 is 5.97 Å². The highest BCUT2D eigenvalue weighted by molar-refractivity contribution is 5.92. The van der Waals surface area contributed by atoms with E-state index in [1.165, 1.54) is 10.9 Å². The Morgan fingerprint density at radius 1 is 1.42 bits per heavy atom. The molecule has 2 heterocycles. The minimum atomic E-state index is -1.23. The molecule has 0 aliphatic heterocycles. The molecule has 100 valence electrons. The third-order valence-electron chi connectivity index (χ3n) is 2.44. The monoisotopic (exact) mass is 264 g/mol. The third-order valence-corrected chi connectivity index (χ3v) is 2.44. The van der Waals surface area contributed by atoms with Gasteiger partial charge in [0.2, 0.25) is 0 Å². The lowest BCUT2D eigenvalue weighted by Gasteiger charge is -2.09. The highest BCUT2D eigenvalue weighted by Crippen LogP contribution is 2.20. The van der Waals surface area contributed by atoms with Crippen molar-refractivity contribution in [2.45, 2.75) is 12.6 Å². The molecule has 0 saturated heterocycles. The Balaban J connectivity index is 2.48. The van der Waals surface area contributed by atoms with Gasteiger partial charge in [0, 0.05) is 6.20 Å². The number of rotatable bonds is 5. The molecule has 0 spiro atoms. The second kappa shape index (κ2) is 5.55. The zero-order valence-corrected chi connectivity index (χ0v) is 9.84. The van der Waals surface area contributed by atoms with Crippen LogP contribution in [0.2, 0.25) is 0 Å². The lowest BCUT2D eigenvalue weighted by molar-refractivity contribution is 0.0690. The number of carboxylic acids is 1. The van der Waals surface area contributed by atoms with Crippen molar-refractivity contribution in [1.29, 1.82) is 0 Å². The molecular weight excluding hydrogens is 252 g/mol. The van der Waals surface area contributed by atoms with E-state index in [1.807, 2.05) is 0 Å². The summed E-state index contributed by atoms with van der Waals surface area (Å²) in [6.45, 7) is -0.521. The number of hydrogen-bond acceptors (Lipinski definition) is 6. The number of aliphatic hydroxyl groups is 2. The molecule has 1 unspecified atom stereocenters. The lowest BCUT2D eigenvalue weighted by Crippen LogP contribution is -2.21. The summed E-state index contributed by atoms with van der Waals surface area (Å²) >= 11 is 0. The molecular formula is C11H12N4O4. The highest BCUT2D eigenvalue weighted by atomic mass is 16.4. The van der Waals surface area contributed by atoms with E-state index in [1.54, 1.807) is 18.2 Å². The first-order chi connectivity index (χ1) is 9.13. The van der Waals surface area contributed by atoms with Crippen LogP contribution >= 0.6 is 0 Å². The molecule has 2 rings (SSSR count). The topological polar surface area (TPSA) is 121 Å². The summed E-state index contributed by atoms with van der Waals surface area (Å²) < 4.78 is 1.21. The van der Waals surface area contributed by atoms with Gasteiger partial charge in [0.1, 0.15) is 5.69 Å². The van der Waals surface area contributed by atoms with Gasteiger partial charge in [-0.15, -0.1) is 5.10 Å². The molecule has 0 saturated carbocycles. The van der Waals surface area contributed by atoms with E-state index in [0.29, 0.717) is 5.69 Å². The van der Waals surface area contributed by atoms with Crippen molar-refractivity contribution in [3.8, 4) is 11.4 Å². The van der Waals surface area contributed by atoms with E-state index in [2.05, 4.69) is 15.3 Å². The Bertz CT molecular complexity index is 569. The average molecular weight is 264 g/mol. The molecule has 0 bridgehead atoms. The number of carboxylic acid groups (broad SMARTS) is 1. The number of aliphatic hydroxyl groups excluding tert-OH is 2. The fourth-order valence-electron chi connectivity index (χ4n) is 1.60. The summed E-state index contributed by atoms with van der Waals surface area (Å²) in [4.78, 5) is 15.2. The summed E-state index contributed by atoms with van der Waals surface area (Å²) in [5, 5.41) is 34.6. The fraction of sp³-hybridized carbons (Fsp3) is 0.273. The van der Waals surface area contributed by atoms with Crippen molar-refractivity contribution < 1.29 is 20.1 Å². The molecule has 8 heteroatoms. The van der Waals surface area contributed by atoms with E-state index < -0.39 is 18.7 Å². The van der Waals surface area contributed by atoms with Crippen molar-refractivity contribution in [2.24, 2.45) is 0 Å². The van der Waals surface area contributed by atoms with E-state index in [4.69, 9.17) is 10.2 Å². The van der Waals surface area contributed by atoms with Crippen molar-refractivity contribution in [1.82, 2.24) is 20.0 Å². The largest absolute Gasteiger partial charge is 0.476 e. The first-order valence-corrected chi connectivity index (χ1v) is 5.50. The van der Waals surface area contributed by atoms with Gasteiger partial charge in [-0.3, -0.25) is 4.98 Å². The summed E-state index contributed by atoms with van der Waals surface area (Å²) in [5.74, 6) is -1.23. The first kappa shape index (κ1) is 13.1. The summed E-state index contributed by atoms with van der Waals surface area (Å²) in [7, 11) is 0. The Labute approximate surface area is 108 Å². The zero-order valence-electron chi connectivity index (χ0n) is 9.84. The van der Waals surface area contributed by atoms with Crippen molar-refractivity contribution in [3.63, 3.8) is 0 Å². The average Bonchev–Trinajstić information content (AvgIpc) is 2.83. The van der Waals surface area contributed by atoms with Gasteiger partial charge in [-0.2, -0.15) is 0 Å². The molecule has 0 radical (unpaired) electrons. The van der Waals surface area contributed by atoms with Crippen LogP contribution in [0.5, 0.6) is 0 Å². The molecule has 2 aromatic heterocycles. The van der Waals surface area contributed by atoms with Crippen LogP contribution in [0.1, 0.15) is 10.5 Å². The summed E-state index contributed by atoms with van der Waals surface area (Å²) in [6, 6.07) is 5.02. The van der Waals surface area contributed by atoms with E-state index in [0.717, 1.165) is 0 Å². The molecule has 0 fully saturated rings. The first-order valence-electron chi connectivity index (χ1n) is 5.50. The number of carbonyl (C=O) groups is 1. The molecule has 1 atom stereocenters. The van der Waals surface area contributed by atoms with E-state index >= 15 is 0 Å². The number of nitrogens with zero attached hydrogens (tertiary/aromatic N) is 4. The highest BCUT2D eigenvalue weighted by Gasteiger charge is 2.22. The smallest absolute Gasteiger partial charge is 0.358 e. The maximum Gasteiger partial charge on any atom is 0.358 e. The van der Waals surface area contributed by atoms with Gasteiger partial charge in [-0.25, -0.2) is 9.48 Å². The SMILES string of the molecule is O=C(O)c1nnn(CC(O)CO)c1-c1ccccn1. The van der Waals surface area contributed by atoms with E-state index in [-0.39, 0.29) is 17.9 Å². The number of hydrogen-bond donors (Lipinski definition) is 3. The lowest BCUT2D eigenvalue weighted by atomic mass is 10.2. The molecule has 0 aliphatic rings. The van der Waals surface area contributed by atoms with Crippen molar-refractivity contribution in [3.05, 3.63) is 30.1 Å². The van der Waals surface area contributed by atoms with Crippen molar-refractivity contribution in [2.75, 3.05) is 6.61 Å². The Kier molecular flexibility index (Phi) is 3.83. The molecule has 19 heavy (non-hydrogen) atoms. The van der Waals surface area contributed by atoms with Gasteiger partial charge in [0.05, 0.1) is 24.9 Å². The van der Waals surface area contributed by atoms with Gasteiger partial charge in [-0.1, -0.05) is 11.3 Å². The Morgan fingerprint density at radius 2 is 2.21 bits per heavy atom. The van der Waals surface area contributed by atoms with Crippen LogP contribution in [0.15, 0.2) is 24.4 Å². The van der Waals surface area contributed by atoms with Crippen LogP contribution in [0.3, 0.4) is 0 Å². The van der Waals surface area contributed by atoms with Crippen LogP contribution in [-0.2, 0) is 6.54 Å². The summed E-state index contributed by atoms with van der Waals surface area (Å²) in [6.07, 6.45) is 0.464. The second-order valence-corrected chi connectivity index (χ2v) is 3.83. The minimum Gasteiger partial charge on any atom is -0.476 e. The molecule has 0 amide bonds. The predicted molar refractivity (Wildman–Crippen MR) is 63.3 cm³/mol. The molecule has 0 aromatic carbocycles. The van der Waals surface area contributed by atoms with E-state index in [9.17, 15) is 9.90 Å². The predicted octanol–water partition coefficient (Wildman–Crippen LogP) is -0.609. The van der Waals surface area contributed by atoms with Gasteiger partial charge in [0.25, 0.3) is 0 Å². The minimum absolute atomic E-state index is 0.0668. The summed E-state index contributed by atoms with van der Waals surface area (Å²) in [5.41, 5.74) is 0.333. The Hall–Kier alpha value is -2.32. The molecule has 0 aliphatic carbocycles. The quantitative estimate of drug-likeness (QED) is 0.658.